The van der Waals surface area contributed by atoms with E-state index in [1.54, 1.807) is 0 Å². The Hall–Kier alpha value is -2.49. The fourth-order valence-electron chi connectivity index (χ4n) is 2.21. The van der Waals surface area contributed by atoms with Crippen LogP contribution >= 0.6 is 0 Å². The highest BCUT2D eigenvalue weighted by molar-refractivity contribution is 5.33. The van der Waals surface area contributed by atoms with E-state index >= 15 is 0 Å². The largest absolute Gasteiger partial charge is 0.416 e. The van der Waals surface area contributed by atoms with Gasteiger partial charge in [-0.15, -0.1) is 0 Å². The van der Waals surface area contributed by atoms with Crippen molar-refractivity contribution in [3.63, 3.8) is 0 Å². The minimum absolute atomic E-state index is 0.111. The molecule has 0 N–H and O–H groups in total. The first-order valence-corrected chi connectivity index (χ1v) is 6.84. The maximum Gasteiger partial charge on any atom is 0.416 e. The summed E-state index contributed by atoms with van der Waals surface area (Å²) in [6.07, 6.45) is -8.80. The van der Waals surface area contributed by atoms with Crippen molar-refractivity contribution in [1.82, 2.24) is 0 Å². The van der Waals surface area contributed by atoms with Crippen LogP contribution in [-0.2, 0) is 18.8 Å². The topological polar surface area (TPSA) is 23.8 Å². The molecule has 0 fully saturated rings. The third-order valence-corrected chi connectivity index (χ3v) is 3.52. The molecule has 0 bridgehead atoms. The number of alkyl halides is 6. The lowest BCUT2D eigenvalue weighted by molar-refractivity contribution is -0.138. The van der Waals surface area contributed by atoms with Crippen LogP contribution in [0.3, 0.4) is 0 Å². The predicted octanol–water partition coefficient (Wildman–Crippen LogP) is 5.57. The van der Waals surface area contributed by atoms with E-state index in [0.717, 1.165) is 24.3 Å². The van der Waals surface area contributed by atoms with Crippen LogP contribution in [-0.4, -0.2) is 0 Å². The summed E-state index contributed by atoms with van der Waals surface area (Å²) in [4.78, 5) is 0. The molecule has 2 aromatic rings. The van der Waals surface area contributed by atoms with Crippen LogP contribution in [0.5, 0.6) is 0 Å². The van der Waals surface area contributed by atoms with Crippen molar-refractivity contribution in [2.24, 2.45) is 0 Å². The second-order valence-corrected chi connectivity index (χ2v) is 5.20. The number of nitriles is 1. The summed E-state index contributed by atoms with van der Waals surface area (Å²) in [6, 6.07) is 10.5. The van der Waals surface area contributed by atoms with Crippen LogP contribution < -0.4 is 0 Å². The van der Waals surface area contributed by atoms with Crippen molar-refractivity contribution < 1.29 is 26.3 Å². The summed E-state index contributed by atoms with van der Waals surface area (Å²) in [5, 5.41) is 9.20. The molecule has 0 saturated carbocycles. The van der Waals surface area contributed by atoms with E-state index in [1.807, 2.05) is 6.07 Å². The summed E-state index contributed by atoms with van der Waals surface area (Å²) in [6.45, 7) is 0. The molecule has 0 aliphatic heterocycles. The Balaban J connectivity index is 2.17. The molecular formula is C17H11F6N. The number of benzene rings is 2. The zero-order valence-electron chi connectivity index (χ0n) is 12.1. The molecule has 1 unspecified atom stereocenters. The summed E-state index contributed by atoms with van der Waals surface area (Å²) in [7, 11) is 0. The van der Waals surface area contributed by atoms with E-state index in [-0.39, 0.29) is 6.42 Å². The minimum Gasteiger partial charge on any atom is -0.198 e. The Bertz CT molecular complexity index is 720. The molecule has 2 rings (SSSR count). The molecule has 0 spiro atoms. The molecule has 2 aromatic carbocycles. The number of rotatable bonds is 3. The molecule has 0 amide bonds. The summed E-state index contributed by atoms with van der Waals surface area (Å²) in [5.41, 5.74) is -0.744. The highest BCUT2D eigenvalue weighted by Crippen LogP contribution is 2.32. The maximum absolute atomic E-state index is 12.5. The molecular weight excluding hydrogens is 332 g/mol. The van der Waals surface area contributed by atoms with Crippen LogP contribution in [0, 0.1) is 11.3 Å². The molecule has 24 heavy (non-hydrogen) atoms. The third kappa shape index (κ3) is 4.28. The average Bonchev–Trinajstić information content (AvgIpc) is 2.51. The lowest BCUT2D eigenvalue weighted by Crippen LogP contribution is -2.07. The standard InChI is InChI=1S/C17H11F6N/c18-16(19,20)14-5-1-11(2-6-14)9-13(10-24)12-3-7-15(8-4-12)17(21,22)23/h1-8,13H,9H2. The third-order valence-electron chi connectivity index (χ3n) is 3.52. The Morgan fingerprint density at radius 2 is 1.17 bits per heavy atom. The second kappa shape index (κ2) is 6.56. The van der Waals surface area contributed by atoms with E-state index in [0.29, 0.717) is 11.1 Å². The van der Waals surface area contributed by atoms with Gasteiger partial charge in [-0.25, -0.2) is 0 Å². The zero-order valence-corrected chi connectivity index (χ0v) is 12.1. The first-order valence-electron chi connectivity index (χ1n) is 6.84. The lowest BCUT2D eigenvalue weighted by atomic mass is 9.92. The van der Waals surface area contributed by atoms with Crippen molar-refractivity contribution in [3.8, 4) is 6.07 Å². The number of hydrogen-bond donors (Lipinski definition) is 0. The second-order valence-electron chi connectivity index (χ2n) is 5.20. The molecule has 0 radical (unpaired) electrons. The Labute approximate surface area is 134 Å². The van der Waals surface area contributed by atoms with Gasteiger partial charge in [0.1, 0.15) is 0 Å². The summed E-state index contributed by atoms with van der Waals surface area (Å²) >= 11 is 0. The van der Waals surface area contributed by atoms with Gasteiger partial charge in [0.05, 0.1) is 23.1 Å². The number of halogens is 6. The van der Waals surface area contributed by atoms with Crippen LogP contribution in [0.1, 0.15) is 28.2 Å². The van der Waals surface area contributed by atoms with Gasteiger partial charge in [-0.1, -0.05) is 24.3 Å². The summed E-state index contributed by atoms with van der Waals surface area (Å²) in [5.74, 6) is -0.746. The van der Waals surface area contributed by atoms with Gasteiger partial charge >= 0.3 is 12.4 Å². The van der Waals surface area contributed by atoms with Crippen molar-refractivity contribution in [2.75, 3.05) is 0 Å². The van der Waals surface area contributed by atoms with Gasteiger partial charge in [0, 0.05) is 0 Å². The van der Waals surface area contributed by atoms with Crippen LogP contribution in [0.15, 0.2) is 48.5 Å². The van der Waals surface area contributed by atoms with Gasteiger partial charge in [-0.3, -0.25) is 0 Å². The van der Waals surface area contributed by atoms with E-state index in [4.69, 9.17) is 0 Å². The number of hydrogen-bond acceptors (Lipinski definition) is 1. The predicted molar refractivity (Wildman–Crippen MR) is 74.9 cm³/mol. The quantitative estimate of drug-likeness (QED) is 0.668. The smallest absolute Gasteiger partial charge is 0.198 e. The molecule has 0 heterocycles. The first kappa shape index (κ1) is 17.9. The van der Waals surface area contributed by atoms with Crippen molar-refractivity contribution >= 4 is 0 Å². The van der Waals surface area contributed by atoms with E-state index in [1.165, 1.54) is 24.3 Å². The first-order chi connectivity index (χ1) is 11.1. The van der Waals surface area contributed by atoms with Crippen molar-refractivity contribution in [2.45, 2.75) is 24.7 Å². The highest BCUT2D eigenvalue weighted by Gasteiger charge is 2.31. The summed E-state index contributed by atoms with van der Waals surface area (Å²) < 4.78 is 75.1. The zero-order chi connectivity index (χ0) is 18.0. The van der Waals surface area contributed by atoms with Gasteiger partial charge in [0.2, 0.25) is 0 Å². The SMILES string of the molecule is N#CC(Cc1ccc(C(F)(F)F)cc1)c1ccc(C(F)(F)F)cc1. The molecule has 1 nitrogen and oxygen atoms in total. The molecule has 0 saturated heterocycles. The minimum atomic E-state index is -4.46. The monoisotopic (exact) mass is 343 g/mol. The normalized spacial score (nSPS) is 13.4. The molecule has 7 heteroatoms. The molecule has 0 aliphatic carbocycles. The van der Waals surface area contributed by atoms with Crippen LogP contribution in [0.25, 0.3) is 0 Å². The van der Waals surface area contributed by atoms with Crippen LogP contribution in [0.2, 0.25) is 0 Å². The fraction of sp³-hybridized carbons (Fsp3) is 0.235. The number of nitrogens with zero attached hydrogens (tertiary/aromatic N) is 1. The Morgan fingerprint density at radius 1 is 0.750 bits per heavy atom. The lowest BCUT2D eigenvalue weighted by Gasteiger charge is -2.13. The maximum atomic E-state index is 12.5. The van der Waals surface area contributed by atoms with Gasteiger partial charge < -0.3 is 0 Å². The van der Waals surface area contributed by atoms with Crippen LogP contribution in [0.4, 0.5) is 26.3 Å². The van der Waals surface area contributed by atoms with E-state index in [9.17, 15) is 31.6 Å². The molecule has 0 aliphatic rings. The average molecular weight is 343 g/mol. The van der Waals surface area contributed by atoms with Gasteiger partial charge in [0.25, 0.3) is 0 Å². The Morgan fingerprint density at radius 3 is 1.54 bits per heavy atom. The van der Waals surface area contributed by atoms with Crippen molar-refractivity contribution in [1.29, 1.82) is 5.26 Å². The molecule has 126 valence electrons. The van der Waals surface area contributed by atoms with Gasteiger partial charge in [-0.05, 0) is 41.8 Å². The fourth-order valence-corrected chi connectivity index (χ4v) is 2.21. The molecule has 0 aromatic heterocycles. The highest BCUT2D eigenvalue weighted by atomic mass is 19.4. The van der Waals surface area contributed by atoms with Gasteiger partial charge in [-0.2, -0.15) is 31.6 Å². The van der Waals surface area contributed by atoms with Crippen molar-refractivity contribution in [3.05, 3.63) is 70.8 Å². The molecule has 1 atom stereocenters. The Kier molecular flexibility index (Phi) is 4.88. The van der Waals surface area contributed by atoms with E-state index < -0.39 is 29.4 Å². The van der Waals surface area contributed by atoms with Gasteiger partial charge in [0.15, 0.2) is 0 Å². The van der Waals surface area contributed by atoms with E-state index in [2.05, 4.69) is 0 Å².